The van der Waals surface area contributed by atoms with Crippen LogP contribution in [-0.4, -0.2) is 16.9 Å². The number of nitro benzene ring substituents is 1. The molecule has 1 atom stereocenters. The third-order valence-electron chi connectivity index (χ3n) is 2.42. The predicted octanol–water partition coefficient (Wildman–Crippen LogP) is 1.94. The fourth-order valence-corrected chi connectivity index (χ4v) is 1.49. The number of carbonyl (C=O) groups is 1. The van der Waals surface area contributed by atoms with Crippen molar-refractivity contribution < 1.29 is 18.5 Å². The summed E-state index contributed by atoms with van der Waals surface area (Å²) in [6.45, 7) is 1.80. The molecule has 1 aromatic carbocycles. The molecule has 0 aliphatic heterocycles. The zero-order valence-electron chi connectivity index (χ0n) is 10.2. The quantitative estimate of drug-likeness (QED) is 0.632. The standard InChI is InChI=1S/C11H13F2N3O3/c1-2-3-8(14)11(17)15-10-7(13)4-6(12)5-9(10)16(18)19/h4-5,8H,2-3,14H2,1H3,(H,15,17)/t8-/m0/s1. The summed E-state index contributed by atoms with van der Waals surface area (Å²) in [4.78, 5) is 21.3. The summed E-state index contributed by atoms with van der Waals surface area (Å²) in [6.07, 6.45) is 0.977. The second-order valence-electron chi connectivity index (χ2n) is 3.92. The molecule has 0 spiro atoms. The summed E-state index contributed by atoms with van der Waals surface area (Å²) in [6, 6.07) is 0.0758. The molecule has 0 heterocycles. The Hall–Kier alpha value is -2.09. The van der Waals surface area contributed by atoms with Crippen molar-refractivity contribution in [2.75, 3.05) is 5.32 Å². The van der Waals surface area contributed by atoms with E-state index in [-0.39, 0.29) is 0 Å². The lowest BCUT2D eigenvalue weighted by molar-refractivity contribution is -0.384. The number of benzene rings is 1. The minimum Gasteiger partial charge on any atom is -0.320 e. The van der Waals surface area contributed by atoms with E-state index in [9.17, 15) is 23.7 Å². The molecule has 6 nitrogen and oxygen atoms in total. The highest BCUT2D eigenvalue weighted by Gasteiger charge is 2.24. The summed E-state index contributed by atoms with van der Waals surface area (Å²) in [7, 11) is 0. The molecule has 1 amide bonds. The molecule has 0 aliphatic carbocycles. The Kier molecular flexibility index (Phi) is 4.87. The minimum atomic E-state index is -1.22. The van der Waals surface area contributed by atoms with E-state index in [0.717, 1.165) is 0 Å². The molecule has 0 saturated heterocycles. The van der Waals surface area contributed by atoms with Gasteiger partial charge < -0.3 is 11.1 Å². The van der Waals surface area contributed by atoms with E-state index in [1.807, 2.05) is 5.32 Å². The maximum absolute atomic E-state index is 13.5. The third kappa shape index (κ3) is 3.68. The molecular weight excluding hydrogens is 260 g/mol. The first-order chi connectivity index (χ1) is 8.86. The molecule has 8 heteroatoms. The molecular formula is C11H13F2N3O3. The van der Waals surface area contributed by atoms with Gasteiger partial charge in [0.2, 0.25) is 5.91 Å². The van der Waals surface area contributed by atoms with Crippen molar-refractivity contribution >= 4 is 17.3 Å². The molecule has 0 fully saturated rings. The van der Waals surface area contributed by atoms with Crippen LogP contribution < -0.4 is 11.1 Å². The van der Waals surface area contributed by atoms with E-state index < -0.39 is 39.9 Å². The van der Waals surface area contributed by atoms with Crippen molar-refractivity contribution in [3.8, 4) is 0 Å². The maximum Gasteiger partial charge on any atom is 0.298 e. The zero-order valence-corrected chi connectivity index (χ0v) is 10.2. The van der Waals surface area contributed by atoms with Gasteiger partial charge in [-0.1, -0.05) is 13.3 Å². The van der Waals surface area contributed by atoms with Crippen LogP contribution >= 0.6 is 0 Å². The Morgan fingerprint density at radius 1 is 1.53 bits per heavy atom. The second-order valence-corrected chi connectivity index (χ2v) is 3.92. The molecule has 0 aliphatic rings. The normalized spacial score (nSPS) is 12.0. The van der Waals surface area contributed by atoms with Gasteiger partial charge in [0.1, 0.15) is 5.82 Å². The largest absolute Gasteiger partial charge is 0.320 e. The van der Waals surface area contributed by atoms with Gasteiger partial charge in [-0.25, -0.2) is 8.78 Å². The van der Waals surface area contributed by atoms with Gasteiger partial charge >= 0.3 is 0 Å². The summed E-state index contributed by atoms with van der Waals surface area (Å²) in [5.74, 6) is -3.07. The Bertz CT molecular complexity index is 508. The van der Waals surface area contributed by atoms with Crippen LogP contribution in [0, 0.1) is 21.7 Å². The average Bonchev–Trinajstić information content (AvgIpc) is 2.32. The van der Waals surface area contributed by atoms with Crippen LogP contribution in [0.25, 0.3) is 0 Å². The van der Waals surface area contributed by atoms with E-state index in [1.165, 1.54) is 0 Å². The van der Waals surface area contributed by atoms with Crippen LogP contribution in [0.15, 0.2) is 12.1 Å². The Morgan fingerprint density at radius 2 is 2.16 bits per heavy atom. The van der Waals surface area contributed by atoms with Gasteiger partial charge in [-0.15, -0.1) is 0 Å². The first-order valence-electron chi connectivity index (χ1n) is 5.56. The summed E-state index contributed by atoms with van der Waals surface area (Å²) >= 11 is 0. The topological polar surface area (TPSA) is 98.3 Å². The van der Waals surface area contributed by atoms with Crippen LogP contribution in [0.2, 0.25) is 0 Å². The average molecular weight is 273 g/mol. The highest BCUT2D eigenvalue weighted by molar-refractivity contribution is 5.96. The highest BCUT2D eigenvalue weighted by Crippen LogP contribution is 2.28. The monoisotopic (exact) mass is 273 g/mol. The smallest absolute Gasteiger partial charge is 0.298 e. The van der Waals surface area contributed by atoms with Gasteiger partial charge in [0.25, 0.3) is 5.69 Å². The molecule has 3 N–H and O–H groups in total. The number of amides is 1. The van der Waals surface area contributed by atoms with Gasteiger partial charge in [0.05, 0.1) is 17.0 Å². The molecule has 0 unspecified atom stereocenters. The first kappa shape index (κ1) is 15.0. The number of hydrogen-bond acceptors (Lipinski definition) is 4. The number of carbonyl (C=O) groups excluding carboxylic acids is 1. The van der Waals surface area contributed by atoms with Crippen LogP contribution in [0.5, 0.6) is 0 Å². The van der Waals surface area contributed by atoms with Crippen molar-refractivity contribution in [1.82, 2.24) is 0 Å². The highest BCUT2D eigenvalue weighted by atomic mass is 19.1. The molecule has 0 bridgehead atoms. The molecule has 1 aromatic rings. The van der Waals surface area contributed by atoms with Crippen molar-refractivity contribution in [1.29, 1.82) is 0 Å². The number of hydrogen-bond donors (Lipinski definition) is 2. The Balaban J connectivity index is 3.06. The number of nitrogens with one attached hydrogen (secondary N) is 1. The Labute approximate surface area is 107 Å². The van der Waals surface area contributed by atoms with Crippen LogP contribution in [0.3, 0.4) is 0 Å². The predicted molar refractivity (Wildman–Crippen MR) is 64.5 cm³/mol. The Morgan fingerprint density at radius 3 is 2.68 bits per heavy atom. The number of nitrogens with zero attached hydrogens (tertiary/aromatic N) is 1. The SMILES string of the molecule is CCC[C@H](N)C(=O)Nc1c(F)cc(F)cc1[N+](=O)[O-]. The van der Waals surface area contributed by atoms with Crippen molar-refractivity contribution in [2.24, 2.45) is 5.73 Å². The van der Waals surface area contributed by atoms with Crippen LogP contribution in [0.1, 0.15) is 19.8 Å². The van der Waals surface area contributed by atoms with Crippen molar-refractivity contribution in [3.63, 3.8) is 0 Å². The lowest BCUT2D eigenvalue weighted by Gasteiger charge is -2.12. The number of anilines is 1. The fourth-order valence-electron chi connectivity index (χ4n) is 1.49. The number of nitro groups is 1. The lowest BCUT2D eigenvalue weighted by atomic mass is 10.1. The van der Waals surface area contributed by atoms with E-state index in [0.29, 0.717) is 25.0 Å². The van der Waals surface area contributed by atoms with Gasteiger partial charge in [-0.05, 0) is 6.42 Å². The van der Waals surface area contributed by atoms with Gasteiger partial charge in [0.15, 0.2) is 11.5 Å². The van der Waals surface area contributed by atoms with E-state index in [4.69, 9.17) is 5.73 Å². The van der Waals surface area contributed by atoms with Gasteiger partial charge in [-0.3, -0.25) is 14.9 Å². The first-order valence-corrected chi connectivity index (χ1v) is 5.56. The second kappa shape index (κ2) is 6.19. The lowest BCUT2D eigenvalue weighted by Crippen LogP contribution is -2.35. The third-order valence-corrected chi connectivity index (χ3v) is 2.42. The summed E-state index contributed by atoms with van der Waals surface area (Å²) in [5.41, 5.74) is 3.97. The maximum atomic E-state index is 13.5. The summed E-state index contributed by atoms with van der Waals surface area (Å²) in [5, 5.41) is 12.7. The zero-order chi connectivity index (χ0) is 14.6. The van der Waals surface area contributed by atoms with Gasteiger partial charge in [-0.2, -0.15) is 0 Å². The van der Waals surface area contributed by atoms with Crippen molar-refractivity contribution in [3.05, 3.63) is 33.9 Å². The molecule has 0 saturated carbocycles. The minimum absolute atomic E-state index is 0.350. The molecule has 1 rings (SSSR count). The number of nitrogens with two attached hydrogens (primary N) is 1. The van der Waals surface area contributed by atoms with E-state index >= 15 is 0 Å². The molecule has 0 aromatic heterocycles. The van der Waals surface area contributed by atoms with Crippen LogP contribution in [-0.2, 0) is 4.79 Å². The van der Waals surface area contributed by atoms with Gasteiger partial charge in [0, 0.05) is 6.07 Å². The summed E-state index contributed by atoms with van der Waals surface area (Å²) < 4.78 is 26.4. The molecule has 19 heavy (non-hydrogen) atoms. The van der Waals surface area contributed by atoms with E-state index in [1.54, 1.807) is 6.92 Å². The fraction of sp³-hybridized carbons (Fsp3) is 0.364. The molecule has 104 valence electrons. The number of halogens is 2. The van der Waals surface area contributed by atoms with E-state index in [2.05, 4.69) is 0 Å². The number of rotatable bonds is 5. The van der Waals surface area contributed by atoms with Crippen LogP contribution in [0.4, 0.5) is 20.2 Å². The van der Waals surface area contributed by atoms with Crippen molar-refractivity contribution in [2.45, 2.75) is 25.8 Å². The molecule has 0 radical (unpaired) electrons.